The van der Waals surface area contributed by atoms with Gasteiger partial charge in [-0.15, -0.1) is 0 Å². The summed E-state index contributed by atoms with van der Waals surface area (Å²) in [6.45, 7) is -0.487. The average molecular weight is 248 g/mol. The van der Waals surface area contributed by atoms with Crippen molar-refractivity contribution in [1.82, 2.24) is 4.98 Å². The van der Waals surface area contributed by atoms with Crippen LogP contribution in [-0.2, 0) is 0 Å². The second-order valence-corrected chi connectivity index (χ2v) is 3.51. The Bertz CT molecular complexity index is 265. The molecule has 0 amide bonds. The van der Waals surface area contributed by atoms with Crippen LogP contribution in [0.15, 0.2) is 22.8 Å². The number of rotatable bonds is 3. The molecule has 0 aliphatic rings. The van der Waals surface area contributed by atoms with Gasteiger partial charge < -0.3 is 15.3 Å². The van der Waals surface area contributed by atoms with E-state index in [9.17, 15) is 5.11 Å². The number of pyridine rings is 1. The number of aliphatic hydroxyl groups is 3. The van der Waals surface area contributed by atoms with Crippen LogP contribution in [-0.4, -0.2) is 33.0 Å². The zero-order chi connectivity index (χ0) is 9.84. The quantitative estimate of drug-likeness (QED) is 0.715. The summed E-state index contributed by atoms with van der Waals surface area (Å²) in [4.78, 5) is 3.88. The molecule has 3 N–H and O–H groups in total. The molecule has 0 fully saturated rings. The van der Waals surface area contributed by atoms with Crippen LogP contribution in [0.1, 0.15) is 11.8 Å². The molecule has 1 heterocycles. The molecule has 1 aromatic rings. The van der Waals surface area contributed by atoms with E-state index < -0.39 is 18.8 Å². The van der Waals surface area contributed by atoms with E-state index in [1.165, 1.54) is 6.20 Å². The molecule has 0 aliphatic heterocycles. The standard InChI is InChI=1S/C8H10BrNO3/c9-5-1-2-6(10-3-5)8(13)7(12)4-11/h1-3,7-8,11-13H,4H2. The van der Waals surface area contributed by atoms with E-state index in [1.807, 2.05) is 0 Å². The maximum Gasteiger partial charge on any atom is 0.124 e. The number of aliphatic hydroxyl groups excluding tert-OH is 3. The van der Waals surface area contributed by atoms with Gasteiger partial charge in [0.25, 0.3) is 0 Å². The molecule has 4 nitrogen and oxygen atoms in total. The van der Waals surface area contributed by atoms with Gasteiger partial charge in [-0.1, -0.05) is 0 Å². The Kier molecular flexibility index (Phi) is 3.80. The van der Waals surface area contributed by atoms with Gasteiger partial charge in [0.05, 0.1) is 12.3 Å². The third-order valence-electron chi connectivity index (χ3n) is 1.60. The van der Waals surface area contributed by atoms with Crippen molar-refractivity contribution in [3.05, 3.63) is 28.5 Å². The minimum Gasteiger partial charge on any atom is -0.394 e. The molecule has 0 saturated carbocycles. The molecule has 1 aromatic heterocycles. The third kappa shape index (κ3) is 2.73. The second-order valence-electron chi connectivity index (χ2n) is 2.60. The van der Waals surface area contributed by atoms with Gasteiger partial charge in [0.15, 0.2) is 0 Å². The van der Waals surface area contributed by atoms with Crippen molar-refractivity contribution in [2.45, 2.75) is 12.2 Å². The normalized spacial score (nSPS) is 15.4. The molecule has 0 aromatic carbocycles. The van der Waals surface area contributed by atoms with Crippen LogP contribution in [0.3, 0.4) is 0 Å². The molecule has 72 valence electrons. The highest BCUT2D eigenvalue weighted by Crippen LogP contribution is 2.16. The Morgan fingerprint density at radius 3 is 2.54 bits per heavy atom. The van der Waals surface area contributed by atoms with Crippen LogP contribution in [0.5, 0.6) is 0 Å². The predicted octanol–water partition coefficient (Wildman–Crippen LogP) is 0.231. The molecule has 13 heavy (non-hydrogen) atoms. The summed E-state index contributed by atoms with van der Waals surface area (Å²) in [6.07, 6.45) is -0.811. The van der Waals surface area contributed by atoms with Gasteiger partial charge >= 0.3 is 0 Å². The van der Waals surface area contributed by atoms with Gasteiger partial charge in [-0.2, -0.15) is 0 Å². The first-order valence-electron chi connectivity index (χ1n) is 3.73. The van der Waals surface area contributed by atoms with Crippen LogP contribution in [0.25, 0.3) is 0 Å². The summed E-state index contributed by atoms with van der Waals surface area (Å²) in [5.74, 6) is 0. The van der Waals surface area contributed by atoms with Crippen LogP contribution in [0, 0.1) is 0 Å². The number of hydrogen-bond acceptors (Lipinski definition) is 4. The van der Waals surface area contributed by atoms with E-state index in [1.54, 1.807) is 12.1 Å². The molecule has 0 saturated heterocycles. The van der Waals surface area contributed by atoms with Crippen LogP contribution < -0.4 is 0 Å². The molecule has 0 spiro atoms. The molecule has 0 bridgehead atoms. The fraction of sp³-hybridized carbons (Fsp3) is 0.375. The maximum absolute atomic E-state index is 9.39. The van der Waals surface area contributed by atoms with Gasteiger partial charge in [-0.05, 0) is 28.1 Å². The zero-order valence-corrected chi connectivity index (χ0v) is 8.35. The lowest BCUT2D eigenvalue weighted by Gasteiger charge is -2.14. The largest absolute Gasteiger partial charge is 0.394 e. The molecule has 2 atom stereocenters. The first kappa shape index (κ1) is 10.6. The summed E-state index contributed by atoms with van der Waals surface area (Å²) in [5, 5.41) is 27.1. The Balaban J connectivity index is 2.77. The lowest BCUT2D eigenvalue weighted by atomic mass is 10.1. The van der Waals surface area contributed by atoms with Gasteiger partial charge in [-0.25, -0.2) is 0 Å². The van der Waals surface area contributed by atoms with E-state index in [4.69, 9.17) is 10.2 Å². The number of aromatic nitrogens is 1. The van der Waals surface area contributed by atoms with Gasteiger partial charge in [-0.3, -0.25) is 4.98 Å². The second kappa shape index (κ2) is 4.66. The Morgan fingerprint density at radius 1 is 1.38 bits per heavy atom. The first-order chi connectivity index (χ1) is 6.15. The van der Waals surface area contributed by atoms with Crippen LogP contribution in [0.2, 0.25) is 0 Å². The molecule has 2 unspecified atom stereocenters. The minimum absolute atomic E-state index is 0.338. The molecule has 0 radical (unpaired) electrons. The molecule has 0 aliphatic carbocycles. The highest BCUT2D eigenvalue weighted by Gasteiger charge is 2.18. The van der Waals surface area contributed by atoms with E-state index in [2.05, 4.69) is 20.9 Å². The molecular weight excluding hydrogens is 238 g/mol. The highest BCUT2D eigenvalue weighted by molar-refractivity contribution is 9.10. The lowest BCUT2D eigenvalue weighted by molar-refractivity contribution is -0.0172. The first-order valence-corrected chi connectivity index (χ1v) is 4.53. The van der Waals surface area contributed by atoms with E-state index >= 15 is 0 Å². The van der Waals surface area contributed by atoms with Crippen molar-refractivity contribution in [1.29, 1.82) is 0 Å². The molecular formula is C8H10BrNO3. The van der Waals surface area contributed by atoms with Crippen molar-refractivity contribution >= 4 is 15.9 Å². The third-order valence-corrected chi connectivity index (χ3v) is 2.07. The van der Waals surface area contributed by atoms with Gasteiger partial charge in [0, 0.05) is 10.7 Å². The Hall–Kier alpha value is -0.490. The van der Waals surface area contributed by atoms with Crippen molar-refractivity contribution in [2.24, 2.45) is 0 Å². The summed E-state index contributed by atoms with van der Waals surface area (Å²) < 4.78 is 0.793. The SMILES string of the molecule is OCC(O)C(O)c1ccc(Br)cn1. The summed E-state index contributed by atoms with van der Waals surface area (Å²) in [7, 11) is 0. The van der Waals surface area contributed by atoms with E-state index in [0.29, 0.717) is 5.69 Å². The van der Waals surface area contributed by atoms with E-state index in [-0.39, 0.29) is 0 Å². The average Bonchev–Trinajstić information content (AvgIpc) is 2.17. The number of nitrogens with zero attached hydrogens (tertiary/aromatic N) is 1. The zero-order valence-electron chi connectivity index (χ0n) is 6.76. The number of hydrogen-bond donors (Lipinski definition) is 3. The topological polar surface area (TPSA) is 73.6 Å². The van der Waals surface area contributed by atoms with Crippen molar-refractivity contribution in [3.63, 3.8) is 0 Å². The Labute approximate surface area is 84.0 Å². The monoisotopic (exact) mass is 247 g/mol. The molecule has 1 rings (SSSR count). The fourth-order valence-electron chi connectivity index (χ4n) is 0.859. The maximum atomic E-state index is 9.39. The van der Waals surface area contributed by atoms with Crippen molar-refractivity contribution in [3.8, 4) is 0 Å². The Morgan fingerprint density at radius 2 is 2.08 bits per heavy atom. The smallest absolute Gasteiger partial charge is 0.124 e. The van der Waals surface area contributed by atoms with Gasteiger partial charge in [0.1, 0.15) is 12.2 Å². The van der Waals surface area contributed by atoms with E-state index in [0.717, 1.165) is 4.47 Å². The predicted molar refractivity (Wildman–Crippen MR) is 50.0 cm³/mol. The highest BCUT2D eigenvalue weighted by atomic mass is 79.9. The fourth-order valence-corrected chi connectivity index (χ4v) is 1.09. The molecule has 5 heteroatoms. The lowest BCUT2D eigenvalue weighted by Crippen LogP contribution is -2.22. The van der Waals surface area contributed by atoms with Crippen LogP contribution >= 0.6 is 15.9 Å². The summed E-state index contributed by atoms with van der Waals surface area (Å²) in [6, 6.07) is 3.28. The van der Waals surface area contributed by atoms with Crippen molar-refractivity contribution in [2.75, 3.05) is 6.61 Å². The van der Waals surface area contributed by atoms with Gasteiger partial charge in [0.2, 0.25) is 0 Å². The minimum atomic E-state index is -1.19. The van der Waals surface area contributed by atoms with Crippen molar-refractivity contribution < 1.29 is 15.3 Å². The summed E-state index contributed by atoms with van der Waals surface area (Å²) >= 11 is 3.19. The number of halogens is 1. The van der Waals surface area contributed by atoms with Crippen LogP contribution in [0.4, 0.5) is 0 Å². The summed E-state index contributed by atoms with van der Waals surface area (Å²) in [5.41, 5.74) is 0.338.